The Kier molecular flexibility index (Phi) is 7.40. The van der Waals surface area contributed by atoms with Crippen molar-refractivity contribution in [3.8, 4) is 17.2 Å². The maximum absolute atomic E-state index is 14.3. The maximum atomic E-state index is 14.3. The summed E-state index contributed by atoms with van der Waals surface area (Å²) in [5.41, 5.74) is 5.03. The molecule has 0 bridgehead atoms. The monoisotopic (exact) mass is 407 g/mol. The molecule has 9 nitrogen and oxygen atoms in total. The summed E-state index contributed by atoms with van der Waals surface area (Å²) < 4.78 is 43.8. The molecule has 0 aliphatic rings. The van der Waals surface area contributed by atoms with Gasteiger partial charge in [-0.05, 0) is 0 Å². The second-order valence-electron chi connectivity index (χ2n) is 5.41. The van der Waals surface area contributed by atoms with Crippen molar-refractivity contribution in [1.29, 1.82) is 0 Å². The predicted molar refractivity (Wildman–Crippen MR) is 101 cm³/mol. The summed E-state index contributed by atoms with van der Waals surface area (Å²) >= 11 is 0. The van der Waals surface area contributed by atoms with Crippen LogP contribution in [0.5, 0.6) is 17.2 Å². The van der Waals surface area contributed by atoms with Gasteiger partial charge in [0.2, 0.25) is 5.95 Å². The van der Waals surface area contributed by atoms with E-state index in [1.165, 1.54) is 39.7 Å². The molecule has 0 spiro atoms. The molecule has 1 heterocycles. The summed E-state index contributed by atoms with van der Waals surface area (Å²) in [6, 6.07) is 1.11. The molecule has 0 radical (unpaired) electrons. The lowest BCUT2D eigenvalue weighted by Crippen LogP contribution is -2.14. The summed E-state index contributed by atoms with van der Waals surface area (Å²) in [6.07, 6.45) is 4.37. The number of allylic oxidation sites excluding steroid dienone is 1. The van der Waals surface area contributed by atoms with E-state index >= 15 is 0 Å². The Labute approximate surface area is 165 Å². The van der Waals surface area contributed by atoms with E-state index in [0.717, 1.165) is 6.07 Å². The zero-order chi connectivity index (χ0) is 21.4. The number of nitrogens with two attached hydrogens (primary N) is 1. The number of methoxy groups -OCH3 is 2. The molecule has 0 aliphatic carbocycles. The molecule has 2 aromatic rings. The van der Waals surface area contributed by atoms with Gasteiger partial charge in [-0.2, -0.15) is 0 Å². The number of aromatic nitrogens is 2. The van der Waals surface area contributed by atoms with E-state index in [4.69, 9.17) is 19.9 Å². The van der Waals surface area contributed by atoms with Gasteiger partial charge >= 0.3 is 0 Å². The van der Waals surface area contributed by atoms with E-state index < -0.39 is 18.2 Å². The van der Waals surface area contributed by atoms with Crippen LogP contribution in [0.15, 0.2) is 35.2 Å². The third-order valence-electron chi connectivity index (χ3n) is 3.60. The second kappa shape index (κ2) is 9.97. The smallest absolute Gasteiger partial charge is 0.228 e. The van der Waals surface area contributed by atoms with Gasteiger partial charge in [-0.3, -0.25) is 9.79 Å². The summed E-state index contributed by atoms with van der Waals surface area (Å²) in [6.45, 7) is -0.443. The molecule has 1 aromatic heterocycles. The molecule has 0 aliphatic heterocycles. The summed E-state index contributed by atoms with van der Waals surface area (Å²) in [5.74, 6) is -1.57. The first kappa shape index (κ1) is 21.5. The lowest BCUT2D eigenvalue weighted by molar-refractivity contribution is -0.104. The first-order valence-electron chi connectivity index (χ1n) is 8.13. The largest absolute Gasteiger partial charge is 0.494 e. The standard InChI is InChI=1S/C18H19F2N5O4/c1-22-15(4-10(21)8-26)25-18-23-6-11(7-24-18)29-9-12-16(19)13(27-2)5-14(28-3)17(12)20/h4-8H,9,21H2,1-3H3,(H,22,23,24,25). The number of rotatable bonds is 8. The van der Waals surface area contributed by atoms with Gasteiger partial charge in [0.25, 0.3) is 0 Å². The highest BCUT2D eigenvalue weighted by Gasteiger charge is 2.20. The minimum atomic E-state index is -0.895. The Morgan fingerprint density at radius 3 is 2.28 bits per heavy atom. The van der Waals surface area contributed by atoms with Crippen molar-refractivity contribution >= 4 is 18.1 Å². The molecule has 0 atom stereocenters. The van der Waals surface area contributed by atoms with Crippen LogP contribution in [0.2, 0.25) is 0 Å². The number of carbonyl (C=O) groups is 1. The number of ether oxygens (including phenoxy) is 3. The van der Waals surface area contributed by atoms with E-state index in [2.05, 4.69) is 20.3 Å². The van der Waals surface area contributed by atoms with Crippen LogP contribution in [-0.2, 0) is 11.4 Å². The lowest BCUT2D eigenvalue weighted by atomic mass is 10.1. The first-order valence-corrected chi connectivity index (χ1v) is 8.13. The summed E-state index contributed by atoms with van der Waals surface area (Å²) in [5, 5.41) is 2.75. The van der Waals surface area contributed by atoms with Crippen LogP contribution in [0.25, 0.3) is 0 Å². The lowest BCUT2D eigenvalue weighted by Gasteiger charge is -2.13. The molecule has 154 valence electrons. The van der Waals surface area contributed by atoms with E-state index in [1.807, 2.05) is 0 Å². The zero-order valence-electron chi connectivity index (χ0n) is 15.9. The van der Waals surface area contributed by atoms with Crippen molar-refractivity contribution in [3.05, 3.63) is 47.4 Å². The van der Waals surface area contributed by atoms with E-state index in [0.29, 0.717) is 6.29 Å². The molecular weight excluding hydrogens is 388 g/mol. The average molecular weight is 407 g/mol. The normalized spacial score (nSPS) is 11.8. The van der Waals surface area contributed by atoms with Crippen molar-refractivity contribution in [3.63, 3.8) is 0 Å². The van der Waals surface area contributed by atoms with Crippen LogP contribution < -0.4 is 25.3 Å². The molecule has 0 saturated heterocycles. The van der Waals surface area contributed by atoms with Crippen LogP contribution in [0, 0.1) is 11.6 Å². The molecule has 29 heavy (non-hydrogen) atoms. The third kappa shape index (κ3) is 5.37. The number of halogens is 2. The fourth-order valence-corrected chi connectivity index (χ4v) is 2.14. The quantitative estimate of drug-likeness (QED) is 0.294. The topological polar surface area (TPSA) is 121 Å². The molecular formula is C18H19F2N5O4. The molecule has 0 amide bonds. The van der Waals surface area contributed by atoms with Crippen molar-refractivity contribution in [2.24, 2.45) is 10.7 Å². The molecule has 0 fully saturated rings. The van der Waals surface area contributed by atoms with E-state index in [1.54, 1.807) is 0 Å². The van der Waals surface area contributed by atoms with Gasteiger partial charge in [0.1, 0.15) is 12.4 Å². The Morgan fingerprint density at radius 1 is 1.21 bits per heavy atom. The Balaban J connectivity index is 2.12. The molecule has 0 unspecified atom stereocenters. The summed E-state index contributed by atoms with van der Waals surface area (Å²) in [7, 11) is 4.00. The van der Waals surface area contributed by atoms with E-state index in [-0.39, 0.29) is 40.3 Å². The number of benzene rings is 1. The van der Waals surface area contributed by atoms with Crippen LogP contribution in [-0.4, -0.2) is 43.4 Å². The van der Waals surface area contributed by atoms with Crippen LogP contribution in [0.3, 0.4) is 0 Å². The van der Waals surface area contributed by atoms with Crippen LogP contribution >= 0.6 is 0 Å². The predicted octanol–water partition coefficient (Wildman–Crippen LogP) is 1.83. The third-order valence-corrected chi connectivity index (χ3v) is 3.60. The summed E-state index contributed by atoms with van der Waals surface area (Å²) in [4.78, 5) is 22.5. The number of aliphatic imine (C=N–C) groups is 1. The van der Waals surface area contributed by atoms with Crippen molar-refractivity contribution in [2.75, 3.05) is 26.6 Å². The van der Waals surface area contributed by atoms with Crippen molar-refractivity contribution in [1.82, 2.24) is 9.97 Å². The van der Waals surface area contributed by atoms with Crippen molar-refractivity contribution < 1.29 is 27.8 Å². The number of carbonyl (C=O) groups excluding carboxylic acids is 1. The van der Waals surface area contributed by atoms with Gasteiger partial charge in [-0.15, -0.1) is 0 Å². The highest BCUT2D eigenvalue weighted by atomic mass is 19.1. The Morgan fingerprint density at radius 2 is 1.79 bits per heavy atom. The minimum absolute atomic E-state index is 0.0316. The van der Waals surface area contributed by atoms with Gasteiger partial charge in [-0.1, -0.05) is 0 Å². The molecule has 3 N–H and O–H groups in total. The number of nitrogens with one attached hydrogen (secondary N) is 1. The average Bonchev–Trinajstić information content (AvgIpc) is 2.74. The van der Waals surface area contributed by atoms with Gasteiger partial charge in [0.05, 0.1) is 37.9 Å². The number of hydrogen-bond acceptors (Lipinski definition) is 8. The van der Waals surface area contributed by atoms with Gasteiger partial charge in [-0.25, -0.2) is 18.7 Å². The maximum Gasteiger partial charge on any atom is 0.228 e. The fourth-order valence-electron chi connectivity index (χ4n) is 2.14. The van der Waals surface area contributed by atoms with Crippen LogP contribution in [0.1, 0.15) is 5.56 Å². The number of aldehydes is 1. The Bertz CT molecular complexity index is 905. The fraction of sp³-hybridized carbons (Fsp3) is 0.222. The zero-order valence-corrected chi connectivity index (χ0v) is 15.9. The van der Waals surface area contributed by atoms with E-state index in [9.17, 15) is 13.6 Å². The minimum Gasteiger partial charge on any atom is -0.494 e. The molecule has 2 rings (SSSR count). The second-order valence-corrected chi connectivity index (χ2v) is 5.41. The Hall–Kier alpha value is -3.76. The highest BCUT2D eigenvalue weighted by molar-refractivity contribution is 6.05. The van der Waals surface area contributed by atoms with Gasteiger partial charge in [0.15, 0.2) is 35.2 Å². The molecule has 11 heteroatoms. The number of nitrogens with zero attached hydrogens (tertiary/aromatic N) is 3. The number of hydrogen-bond donors (Lipinski definition) is 2. The van der Waals surface area contributed by atoms with Crippen LogP contribution in [0.4, 0.5) is 14.7 Å². The SMILES string of the molecule is CN=C(C=C(N)C=O)Nc1ncc(OCc2c(F)c(OC)cc(OC)c2F)cn1. The highest BCUT2D eigenvalue weighted by Crippen LogP contribution is 2.31. The molecule has 0 saturated carbocycles. The molecule has 1 aromatic carbocycles. The van der Waals surface area contributed by atoms with Gasteiger partial charge in [0, 0.05) is 19.2 Å². The number of anilines is 1. The van der Waals surface area contributed by atoms with Gasteiger partial charge < -0.3 is 25.3 Å². The number of amidine groups is 1. The first-order chi connectivity index (χ1) is 13.9. The van der Waals surface area contributed by atoms with Crippen molar-refractivity contribution in [2.45, 2.75) is 6.61 Å².